The summed E-state index contributed by atoms with van der Waals surface area (Å²) in [5.41, 5.74) is 7.58. The fourth-order valence-corrected chi connectivity index (χ4v) is 4.61. The third-order valence-corrected chi connectivity index (χ3v) is 6.57. The Hall–Kier alpha value is -3.92. The number of allylic oxidation sites excluding steroid dienone is 1. The highest BCUT2D eigenvalue weighted by molar-refractivity contribution is 6.07. The maximum Gasteiger partial charge on any atom is 0.339 e. The molecule has 4 nitrogen and oxygen atoms in total. The molecule has 0 aliphatic heterocycles. The van der Waals surface area contributed by atoms with Gasteiger partial charge in [0.25, 0.3) is 0 Å². The number of carbonyl (C=O) groups is 1. The highest BCUT2D eigenvalue weighted by atomic mass is 16.5. The molecule has 1 N–H and O–H groups in total. The summed E-state index contributed by atoms with van der Waals surface area (Å²) in [5, 5.41) is 10.4. The summed E-state index contributed by atoms with van der Waals surface area (Å²) in [5.74, 6) is -0.0770. The summed E-state index contributed by atoms with van der Waals surface area (Å²) >= 11 is 0. The molecule has 0 saturated carbocycles. The van der Waals surface area contributed by atoms with Crippen LogP contribution in [0.4, 0.5) is 0 Å². The molecule has 0 saturated heterocycles. The van der Waals surface area contributed by atoms with Crippen molar-refractivity contribution in [1.29, 1.82) is 0 Å². The lowest BCUT2D eigenvalue weighted by Gasteiger charge is -2.19. The van der Waals surface area contributed by atoms with Crippen LogP contribution in [0.3, 0.4) is 0 Å². The summed E-state index contributed by atoms with van der Waals surface area (Å²) in [6.07, 6.45) is 3.62. The number of rotatable bonds is 4. The van der Waals surface area contributed by atoms with E-state index in [1.807, 2.05) is 48.5 Å². The van der Waals surface area contributed by atoms with Gasteiger partial charge in [-0.15, -0.1) is 0 Å². The number of phenolic OH excluding ortho intramolecular Hbond substituents is 1. The Labute approximate surface area is 205 Å². The number of aromatic nitrogens is 1. The molecule has 1 heterocycles. The molecule has 176 valence electrons. The van der Waals surface area contributed by atoms with Gasteiger partial charge in [-0.05, 0) is 70.4 Å². The Morgan fingerprint density at radius 2 is 1.69 bits per heavy atom. The van der Waals surface area contributed by atoms with E-state index in [4.69, 9.17) is 9.72 Å². The van der Waals surface area contributed by atoms with E-state index < -0.39 is 0 Å². The number of hydrogen-bond donors (Lipinski definition) is 1. The fraction of sp³-hybridized carbons (Fsp3) is 0.226. The van der Waals surface area contributed by atoms with Crippen molar-refractivity contribution in [2.24, 2.45) is 0 Å². The molecule has 1 aromatic heterocycles. The lowest BCUT2D eigenvalue weighted by Crippen LogP contribution is -2.12. The maximum absolute atomic E-state index is 13.4. The molecule has 0 radical (unpaired) electrons. The Bertz CT molecular complexity index is 1430. The van der Waals surface area contributed by atoms with E-state index in [1.165, 1.54) is 5.56 Å². The number of aromatic hydroxyl groups is 1. The second kappa shape index (κ2) is 9.03. The summed E-state index contributed by atoms with van der Waals surface area (Å²) in [7, 11) is 0. The Balaban J connectivity index is 1.47. The van der Waals surface area contributed by atoms with E-state index in [0.717, 1.165) is 51.7 Å². The Kier molecular flexibility index (Phi) is 5.89. The predicted molar refractivity (Wildman–Crippen MR) is 140 cm³/mol. The summed E-state index contributed by atoms with van der Waals surface area (Å²) in [6.45, 7) is 6.77. The van der Waals surface area contributed by atoms with Crippen LogP contribution in [-0.2, 0) is 23.2 Å². The molecule has 4 heteroatoms. The number of hydrogen-bond acceptors (Lipinski definition) is 4. The second-order valence-corrected chi connectivity index (χ2v) is 10.1. The smallest absolute Gasteiger partial charge is 0.339 e. The molecule has 0 spiro atoms. The van der Waals surface area contributed by atoms with Gasteiger partial charge in [-0.1, -0.05) is 75.4 Å². The van der Waals surface area contributed by atoms with E-state index in [9.17, 15) is 9.90 Å². The largest absolute Gasteiger partial charge is 0.508 e. The average molecular weight is 464 g/mol. The minimum atomic E-state index is -0.314. The summed E-state index contributed by atoms with van der Waals surface area (Å²) in [6, 6.07) is 23.1. The van der Waals surface area contributed by atoms with Crippen LogP contribution in [0.5, 0.6) is 5.75 Å². The van der Waals surface area contributed by atoms with E-state index in [2.05, 4.69) is 39.0 Å². The van der Waals surface area contributed by atoms with Gasteiger partial charge in [0.05, 0.1) is 16.8 Å². The molecule has 0 bridgehead atoms. The van der Waals surface area contributed by atoms with Gasteiger partial charge in [-0.25, -0.2) is 9.78 Å². The van der Waals surface area contributed by atoms with Crippen molar-refractivity contribution in [3.8, 4) is 5.75 Å². The normalized spacial score (nSPS) is 14.3. The SMILES string of the molecule is CC(C)(C)c1ccc(COC(=O)c2c3c(nc4ccccc24)C(=Cc2ccc(O)cc2)CC3)cc1. The number of ether oxygens (including phenoxy) is 1. The Morgan fingerprint density at radius 3 is 2.40 bits per heavy atom. The summed E-state index contributed by atoms with van der Waals surface area (Å²) in [4.78, 5) is 18.3. The zero-order chi connectivity index (χ0) is 24.6. The first-order chi connectivity index (χ1) is 16.8. The van der Waals surface area contributed by atoms with Crippen LogP contribution in [0.15, 0.2) is 72.8 Å². The van der Waals surface area contributed by atoms with Crippen LogP contribution in [-0.4, -0.2) is 16.1 Å². The van der Waals surface area contributed by atoms with Gasteiger partial charge in [0.1, 0.15) is 12.4 Å². The number of benzene rings is 3. The highest BCUT2D eigenvalue weighted by Gasteiger charge is 2.27. The van der Waals surface area contributed by atoms with Crippen LogP contribution in [0, 0.1) is 0 Å². The lowest BCUT2D eigenvalue weighted by molar-refractivity contribution is 0.0473. The zero-order valence-corrected chi connectivity index (χ0v) is 20.3. The molecular formula is C31H29NO3. The lowest BCUT2D eigenvalue weighted by atomic mass is 9.87. The van der Waals surface area contributed by atoms with E-state index in [-0.39, 0.29) is 23.7 Å². The molecular weight excluding hydrogens is 434 g/mol. The number of phenols is 1. The van der Waals surface area contributed by atoms with E-state index in [1.54, 1.807) is 12.1 Å². The molecule has 0 unspecified atom stereocenters. The van der Waals surface area contributed by atoms with Gasteiger partial charge in [-0.2, -0.15) is 0 Å². The minimum Gasteiger partial charge on any atom is -0.508 e. The van der Waals surface area contributed by atoms with Crippen molar-refractivity contribution in [3.63, 3.8) is 0 Å². The van der Waals surface area contributed by atoms with Crippen LogP contribution in [0.1, 0.15) is 65.5 Å². The van der Waals surface area contributed by atoms with Crippen LogP contribution < -0.4 is 0 Å². The van der Waals surface area contributed by atoms with Crippen molar-refractivity contribution in [2.75, 3.05) is 0 Å². The van der Waals surface area contributed by atoms with Gasteiger partial charge in [-0.3, -0.25) is 0 Å². The highest BCUT2D eigenvalue weighted by Crippen LogP contribution is 2.38. The first-order valence-electron chi connectivity index (χ1n) is 12.0. The summed E-state index contributed by atoms with van der Waals surface area (Å²) < 4.78 is 5.83. The van der Waals surface area contributed by atoms with Gasteiger partial charge in [0, 0.05) is 5.39 Å². The third kappa shape index (κ3) is 4.69. The fourth-order valence-electron chi connectivity index (χ4n) is 4.61. The number of para-hydroxylation sites is 1. The van der Waals surface area contributed by atoms with Gasteiger partial charge in [0.2, 0.25) is 0 Å². The number of esters is 1. The first-order valence-corrected chi connectivity index (χ1v) is 12.0. The van der Waals surface area contributed by atoms with Gasteiger partial charge < -0.3 is 9.84 Å². The molecule has 1 aliphatic rings. The van der Waals surface area contributed by atoms with Crippen molar-refractivity contribution in [3.05, 3.63) is 106 Å². The minimum absolute atomic E-state index is 0.0804. The first kappa shape index (κ1) is 22.9. The van der Waals surface area contributed by atoms with Crippen molar-refractivity contribution >= 4 is 28.5 Å². The molecule has 0 amide bonds. The molecule has 35 heavy (non-hydrogen) atoms. The number of nitrogens with zero attached hydrogens (tertiary/aromatic N) is 1. The van der Waals surface area contributed by atoms with Crippen molar-refractivity contribution < 1.29 is 14.6 Å². The molecule has 5 rings (SSSR count). The standard InChI is InChI=1S/C31H29NO3/c1-31(2,3)23-13-8-21(9-14-23)19-35-30(34)28-25-6-4-5-7-27(25)32-29-22(12-17-26(28)29)18-20-10-15-24(33)16-11-20/h4-11,13-16,18,33H,12,17,19H2,1-3H3. The monoisotopic (exact) mass is 463 g/mol. The van der Waals surface area contributed by atoms with Crippen LogP contribution in [0.25, 0.3) is 22.6 Å². The topological polar surface area (TPSA) is 59.4 Å². The van der Waals surface area contributed by atoms with Gasteiger partial charge >= 0.3 is 5.97 Å². The van der Waals surface area contributed by atoms with Crippen LogP contribution in [0.2, 0.25) is 0 Å². The second-order valence-electron chi connectivity index (χ2n) is 10.1. The number of fused-ring (bicyclic) bond motifs is 2. The third-order valence-electron chi connectivity index (χ3n) is 6.57. The number of pyridine rings is 1. The number of carbonyl (C=O) groups excluding carboxylic acids is 1. The van der Waals surface area contributed by atoms with E-state index in [0.29, 0.717) is 5.56 Å². The Morgan fingerprint density at radius 1 is 0.971 bits per heavy atom. The van der Waals surface area contributed by atoms with Crippen molar-refractivity contribution in [2.45, 2.75) is 45.6 Å². The maximum atomic E-state index is 13.4. The average Bonchev–Trinajstić information content (AvgIpc) is 3.24. The predicted octanol–water partition coefficient (Wildman–Crippen LogP) is 7.08. The zero-order valence-electron chi connectivity index (χ0n) is 20.3. The molecule has 0 fully saturated rings. The quantitative estimate of drug-likeness (QED) is 0.329. The van der Waals surface area contributed by atoms with Crippen LogP contribution >= 0.6 is 0 Å². The molecule has 1 aliphatic carbocycles. The van der Waals surface area contributed by atoms with E-state index >= 15 is 0 Å². The molecule has 4 aromatic rings. The van der Waals surface area contributed by atoms with Crippen molar-refractivity contribution in [1.82, 2.24) is 4.98 Å². The molecule has 3 aromatic carbocycles. The molecule has 0 atom stereocenters. The van der Waals surface area contributed by atoms with Gasteiger partial charge in [0.15, 0.2) is 0 Å².